The monoisotopic (exact) mass is 238 g/mol. The molecule has 0 unspecified atom stereocenters. The van der Waals surface area contributed by atoms with Crippen LogP contribution in [0.25, 0.3) is 0 Å². The van der Waals surface area contributed by atoms with E-state index < -0.39 is 0 Å². The fraction of sp³-hybridized carbons (Fsp3) is 0.750. The van der Waals surface area contributed by atoms with Crippen molar-refractivity contribution in [2.75, 3.05) is 13.7 Å². The van der Waals surface area contributed by atoms with Gasteiger partial charge in [-0.3, -0.25) is 4.79 Å². The first-order valence-electron chi connectivity index (χ1n) is 6.12. The highest BCUT2D eigenvalue weighted by Crippen LogP contribution is 2.29. The van der Waals surface area contributed by atoms with E-state index in [-0.39, 0.29) is 5.92 Å². The summed E-state index contributed by atoms with van der Waals surface area (Å²) in [7, 11) is 1.68. The smallest absolute Gasteiger partial charge is 0.229 e. The number of nitrogens with zero attached hydrogens (tertiary/aromatic N) is 2. The van der Waals surface area contributed by atoms with Gasteiger partial charge in [0, 0.05) is 38.9 Å². The Morgan fingerprint density at radius 3 is 2.88 bits per heavy atom. The molecule has 1 aliphatic carbocycles. The third kappa shape index (κ3) is 3.36. The molecule has 2 rings (SSSR count). The highest BCUT2D eigenvalue weighted by atomic mass is 16.5. The minimum absolute atomic E-state index is 0.274. The van der Waals surface area contributed by atoms with Crippen molar-refractivity contribution in [1.82, 2.24) is 10.1 Å². The summed E-state index contributed by atoms with van der Waals surface area (Å²) in [5, 5.41) is 3.96. The van der Waals surface area contributed by atoms with Crippen LogP contribution < -0.4 is 0 Å². The second-order valence-electron chi connectivity index (χ2n) is 4.46. The zero-order chi connectivity index (χ0) is 12.1. The summed E-state index contributed by atoms with van der Waals surface area (Å²) < 4.78 is 10.2. The number of hydrogen-bond donors (Lipinski definition) is 0. The zero-order valence-corrected chi connectivity index (χ0v) is 10.1. The molecular weight excluding hydrogens is 220 g/mol. The maximum absolute atomic E-state index is 11.1. The molecule has 1 aliphatic rings. The van der Waals surface area contributed by atoms with E-state index in [9.17, 15) is 4.79 Å². The van der Waals surface area contributed by atoms with Crippen LogP contribution in [0.2, 0.25) is 0 Å². The molecule has 1 aromatic heterocycles. The van der Waals surface area contributed by atoms with Gasteiger partial charge < -0.3 is 9.26 Å². The van der Waals surface area contributed by atoms with Crippen molar-refractivity contribution in [3.05, 3.63) is 11.7 Å². The van der Waals surface area contributed by atoms with Gasteiger partial charge in [0.1, 0.15) is 5.78 Å². The van der Waals surface area contributed by atoms with E-state index >= 15 is 0 Å². The number of ether oxygens (including phenoxy) is 1. The predicted molar refractivity (Wildman–Crippen MR) is 60.7 cm³/mol. The lowest BCUT2D eigenvalue weighted by atomic mass is 9.88. The molecule has 1 aromatic rings. The first-order chi connectivity index (χ1) is 8.29. The molecule has 0 saturated heterocycles. The normalized spacial score (nSPS) is 17.6. The molecule has 0 aromatic carbocycles. The second-order valence-corrected chi connectivity index (χ2v) is 4.46. The lowest BCUT2D eigenvalue weighted by molar-refractivity contribution is -0.120. The van der Waals surface area contributed by atoms with Gasteiger partial charge in [0.2, 0.25) is 5.89 Å². The molecule has 0 spiro atoms. The summed E-state index contributed by atoms with van der Waals surface area (Å²) in [5.41, 5.74) is 0. The van der Waals surface area contributed by atoms with Crippen LogP contribution in [0.5, 0.6) is 0 Å². The Hall–Kier alpha value is -1.23. The van der Waals surface area contributed by atoms with Gasteiger partial charge in [-0.2, -0.15) is 4.98 Å². The van der Waals surface area contributed by atoms with Crippen LogP contribution in [0.15, 0.2) is 4.52 Å². The Bertz CT molecular complexity index is 366. The summed E-state index contributed by atoms with van der Waals surface area (Å²) >= 11 is 0. The lowest BCUT2D eigenvalue weighted by Gasteiger charge is -2.16. The minimum Gasteiger partial charge on any atom is -0.385 e. The summed E-state index contributed by atoms with van der Waals surface area (Å²) in [5.74, 6) is 2.07. The molecule has 0 atom stereocenters. The number of aryl methyl sites for hydroxylation is 1. The average Bonchev–Trinajstić information content (AvgIpc) is 2.79. The van der Waals surface area contributed by atoms with Crippen molar-refractivity contribution in [2.24, 2.45) is 0 Å². The van der Waals surface area contributed by atoms with Gasteiger partial charge in [0.15, 0.2) is 5.82 Å². The van der Waals surface area contributed by atoms with Crippen LogP contribution >= 0.6 is 0 Å². The van der Waals surface area contributed by atoms with Crippen molar-refractivity contribution < 1.29 is 14.1 Å². The Kier molecular flexibility index (Phi) is 4.25. The molecule has 5 nitrogen and oxygen atoms in total. The SMILES string of the molecule is COCCCc1noc(C2CCC(=O)CC2)n1. The molecule has 0 radical (unpaired) electrons. The van der Waals surface area contributed by atoms with Gasteiger partial charge >= 0.3 is 0 Å². The minimum atomic E-state index is 0.274. The van der Waals surface area contributed by atoms with Gasteiger partial charge in [-0.15, -0.1) is 0 Å². The van der Waals surface area contributed by atoms with E-state index in [2.05, 4.69) is 10.1 Å². The van der Waals surface area contributed by atoms with Crippen LogP contribution in [0, 0.1) is 0 Å². The molecule has 1 saturated carbocycles. The Balaban J connectivity index is 1.87. The van der Waals surface area contributed by atoms with E-state index in [1.165, 1.54) is 0 Å². The number of aromatic nitrogens is 2. The molecule has 0 N–H and O–H groups in total. The number of methoxy groups -OCH3 is 1. The predicted octanol–water partition coefficient (Wildman–Crippen LogP) is 1.88. The highest BCUT2D eigenvalue weighted by Gasteiger charge is 2.24. The summed E-state index contributed by atoms with van der Waals surface area (Å²) in [4.78, 5) is 15.5. The number of carbonyl (C=O) groups excluding carboxylic acids is 1. The van der Waals surface area contributed by atoms with Crippen LogP contribution in [0.3, 0.4) is 0 Å². The largest absolute Gasteiger partial charge is 0.385 e. The van der Waals surface area contributed by atoms with Gasteiger partial charge in [-0.1, -0.05) is 5.16 Å². The average molecular weight is 238 g/mol. The fourth-order valence-corrected chi connectivity index (χ4v) is 2.10. The van der Waals surface area contributed by atoms with Crippen molar-refractivity contribution >= 4 is 5.78 Å². The van der Waals surface area contributed by atoms with Crippen molar-refractivity contribution in [3.8, 4) is 0 Å². The number of Topliss-reactive ketones (excluding diaryl/α,β-unsaturated/α-hetero) is 1. The van der Waals surface area contributed by atoms with Crippen molar-refractivity contribution in [1.29, 1.82) is 0 Å². The molecule has 0 aliphatic heterocycles. The zero-order valence-electron chi connectivity index (χ0n) is 10.1. The molecule has 5 heteroatoms. The van der Waals surface area contributed by atoms with Crippen LogP contribution in [-0.4, -0.2) is 29.6 Å². The number of ketones is 1. The van der Waals surface area contributed by atoms with Crippen LogP contribution in [-0.2, 0) is 16.0 Å². The topological polar surface area (TPSA) is 65.2 Å². The van der Waals surface area contributed by atoms with Gasteiger partial charge in [0.25, 0.3) is 0 Å². The number of carbonyl (C=O) groups is 1. The van der Waals surface area contributed by atoms with E-state index in [1.807, 2.05) is 0 Å². The summed E-state index contributed by atoms with van der Waals surface area (Å²) in [6.07, 6.45) is 4.66. The molecular formula is C12H18N2O3. The third-order valence-corrected chi connectivity index (χ3v) is 3.13. The van der Waals surface area contributed by atoms with Gasteiger partial charge in [-0.05, 0) is 19.3 Å². The molecule has 1 heterocycles. The Labute approximate surface area is 101 Å². The first kappa shape index (κ1) is 12.2. The van der Waals surface area contributed by atoms with Gasteiger partial charge in [-0.25, -0.2) is 0 Å². The molecule has 0 bridgehead atoms. The Morgan fingerprint density at radius 2 is 2.18 bits per heavy atom. The maximum atomic E-state index is 11.1. The van der Waals surface area contributed by atoms with E-state index in [0.29, 0.717) is 31.1 Å². The maximum Gasteiger partial charge on any atom is 0.229 e. The molecule has 0 amide bonds. The first-order valence-corrected chi connectivity index (χ1v) is 6.12. The fourth-order valence-electron chi connectivity index (χ4n) is 2.10. The Morgan fingerprint density at radius 1 is 1.41 bits per heavy atom. The lowest BCUT2D eigenvalue weighted by Crippen LogP contribution is -2.12. The van der Waals surface area contributed by atoms with Gasteiger partial charge in [0.05, 0.1) is 0 Å². The number of rotatable bonds is 5. The standard InChI is InChI=1S/C12H18N2O3/c1-16-8-2-3-11-13-12(17-14-11)9-4-6-10(15)7-5-9/h9H,2-8H2,1H3. The van der Waals surface area contributed by atoms with E-state index in [4.69, 9.17) is 9.26 Å². The highest BCUT2D eigenvalue weighted by molar-refractivity contribution is 5.79. The number of hydrogen-bond acceptors (Lipinski definition) is 5. The quantitative estimate of drug-likeness (QED) is 0.733. The van der Waals surface area contributed by atoms with E-state index in [0.717, 1.165) is 31.5 Å². The van der Waals surface area contributed by atoms with E-state index in [1.54, 1.807) is 7.11 Å². The summed E-state index contributed by atoms with van der Waals surface area (Å²) in [6.45, 7) is 0.710. The second kappa shape index (κ2) is 5.91. The van der Waals surface area contributed by atoms with Crippen LogP contribution in [0.4, 0.5) is 0 Å². The molecule has 94 valence electrons. The van der Waals surface area contributed by atoms with Crippen molar-refractivity contribution in [3.63, 3.8) is 0 Å². The summed E-state index contributed by atoms with van der Waals surface area (Å²) in [6, 6.07) is 0. The molecule has 17 heavy (non-hydrogen) atoms. The third-order valence-electron chi connectivity index (χ3n) is 3.13. The van der Waals surface area contributed by atoms with Crippen molar-refractivity contribution in [2.45, 2.75) is 44.4 Å². The van der Waals surface area contributed by atoms with Crippen LogP contribution in [0.1, 0.15) is 49.7 Å². The molecule has 1 fully saturated rings.